The van der Waals surface area contributed by atoms with Gasteiger partial charge < -0.3 is 20.4 Å². The molecule has 10 heteroatoms. The van der Waals surface area contributed by atoms with Crippen molar-refractivity contribution in [2.45, 2.75) is 70.0 Å². The van der Waals surface area contributed by atoms with Crippen molar-refractivity contribution in [3.05, 3.63) is 66.2 Å². The lowest BCUT2D eigenvalue weighted by molar-refractivity contribution is -0.139. The Labute approximate surface area is 241 Å². The zero-order valence-electron chi connectivity index (χ0n) is 24.0. The zero-order valence-corrected chi connectivity index (χ0v) is 24.0. The second kappa shape index (κ2) is 13.2. The van der Waals surface area contributed by atoms with Crippen molar-refractivity contribution in [2.75, 3.05) is 26.7 Å². The molecule has 0 spiro atoms. The van der Waals surface area contributed by atoms with Crippen LogP contribution in [-0.4, -0.2) is 86.7 Å². The molecular weight excluding hydrogens is 518 g/mol. The predicted molar refractivity (Wildman–Crippen MR) is 156 cm³/mol. The van der Waals surface area contributed by atoms with E-state index in [0.29, 0.717) is 37.5 Å². The SMILES string of the molecule is CNC(C)C(=O)NC(C(=O)N1CCCC1CN(CCc1ccccc1)C(=O)c1cn2cccnc2n1)C1CCCC1. The van der Waals surface area contributed by atoms with Gasteiger partial charge in [0.25, 0.3) is 5.91 Å². The number of amides is 3. The molecule has 2 fully saturated rings. The summed E-state index contributed by atoms with van der Waals surface area (Å²) >= 11 is 0. The molecule has 10 nitrogen and oxygen atoms in total. The van der Waals surface area contributed by atoms with E-state index in [1.807, 2.05) is 34.2 Å². The lowest BCUT2D eigenvalue weighted by atomic mass is 9.96. The van der Waals surface area contributed by atoms with Gasteiger partial charge in [0.05, 0.1) is 6.04 Å². The molecule has 3 heterocycles. The van der Waals surface area contributed by atoms with E-state index in [2.05, 4.69) is 32.7 Å². The molecular formula is C31H41N7O3. The van der Waals surface area contributed by atoms with Crippen LogP contribution in [0.4, 0.5) is 0 Å². The molecule has 2 N–H and O–H groups in total. The molecule has 3 aromatic rings. The number of benzene rings is 1. The van der Waals surface area contributed by atoms with Gasteiger partial charge in [0, 0.05) is 44.3 Å². The molecule has 1 aliphatic carbocycles. The van der Waals surface area contributed by atoms with Crippen molar-refractivity contribution >= 4 is 23.5 Å². The molecule has 1 aliphatic heterocycles. The Morgan fingerprint density at radius 1 is 1.07 bits per heavy atom. The van der Waals surface area contributed by atoms with Crippen LogP contribution in [0.2, 0.25) is 0 Å². The van der Waals surface area contributed by atoms with E-state index >= 15 is 0 Å². The Hall–Kier alpha value is -3.79. The van der Waals surface area contributed by atoms with E-state index in [4.69, 9.17) is 0 Å². The maximum absolute atomic E-state index is 14.1. The van der Waals surface area contributed by atoms with Crippen molar-refractivity contribution in [3.8, 4) is 0 Å². The van der Waals surface area contributed by atoms with Crippen LogP contribution in [0.3, 0.4) is 0 Å². The van der Waals surface area contributed by atoms with E-state index in [9.17, 15) is 14.4 Å². The van der Waals surface area contributed by atoms with Gasteiger partial charge in [-0.3, -0.25) is 18.8 Å². The quantitative estimate of drug-likeness (QED) is 0.374. The number of likely N-dealkylation sites (N-methyl/N-ethyl adjacent to an activating group) is 1. The molecule has 5 rings (SSSR count). The number of nitrogens with one attached hydrogen (secondary N) is 2. The highest BCUT2D eigenvalue weighted by molar-refractivity contribution is 5.93. The summed E-state index contributed by atoms with van der Waals surface area (Å²) in [4.78, 5) is 53.3. The van der Waals surface area contributed by atoms with Gasteiger partial charge in [-0.2, -0.15) is 0 Å². The minimum absolute atomic E-state index is 0.0246. The molecule has 3 amide bonds. The van der Waals surface area contributed by atoms with Crippen molar-refractivity contribution < 1.29 is 14.4 Å². The monoisotopic (exact) mass is 559 g/mol. The van der Waals surface area contributed by atoms with Gasteiger partial charge in [0.1, 0.15) is 11.7 Å². The van der Waals surface area contributed by atoms with Gasteiger partial charge in [-0.15, -0.1) is 0 Å². The summed E-state index contributed by atoms with van der Waals surface area (Å²) in [5, 5.41) is 6.05. The van der Waals surface area contributed by atoms with Crippen LogP contribution >= 0.6 is 0 Å². The number of aromatic nitrogens is 3. The van der Waals surface area contributed by atoms with Crippen molar-refractivity contribution in [1.82, 2.24) is 34.8 Å². The van der Waals surface area contributed by atoms with Crippen LogP contribution in [0, 0.1) is 5.92 Å². The first-order chi connectivity index (χ1) is 19.9. The lowest BCUT2D eigenvalue weighted by Gasteiger charge is -2.35. The molecule has 3 atom stereocenters. The van der Waals surface area contributed by atoms with Crippen LogP contribution in [0.5, 0.6) is 0 Å². The van der Waals surface area contributed by atoms with Crippen LogP contribution in [0.15, 0.2) is 55.0 Å². The average molecular weight is 560 g/mol. The van der Waals surface area contributed by atoms with Crippen molar-refractivity contribution in [2.24, 2.45) is 5.92 Å². The topological polar surface area (TPSA) is 112 Å². The standard InChI is InChI=1S/C31H41N7O3/c1-22(32-2)28(39)35-27(24-12-6-7-13-24)30(41)38-18-8-14-25(38)20-36(19-15-23-10-4-3-5-11-23)29(40)26-21-37-17-9-16-33-31(37)34-26/h3-5,9-11,16-17,21-22,24-25,27,32H,6-8,12-15,18-20H2,1-2H3,(H,35,39). The fourth-order valence-electron chi connectivity index (χ4n) is 6.11. The smallest absolute Gasteiger partial charge is 0.274 e. The number of carbonyl (C=O) groups is 3. The highest BCUT2D eigenvalue weighted by Crippen LogP contribution is 2.30. The highest BCUT2D eigenvalue weighted by Gasteiger charge is 2.40. The minimum atomic E-state index is -0.542. The fraction of sp³-hybridized carbons (Fsp3) is 0.516. The number of hydrogen-bond donors (Lipinski definition) is 2. The third kappa shape index (κ3) is 6.75. The summed E-state index contributed by atoms with van der Waals surface area (Å²) in [5.74, 6) is 0.256. The zero-order chi connectivity index (χ0) is 28.8. The van der Waals surface area contributed by atoms with Crippen LogP contribution in [0.1, 0.15) is 61.5 Å². The van der Waals surface area contributed by atoms with Gasteiger partial charge in [-0.25, -0.2) is 9.97 Å². The number of rotatable bonds is 11. The first kappa shape index (κ1) is 28.7. The van der Waals surface area contributed by atoms with Crippen molar-refractivity contribution in [1.29, 1.82) is 0 Å². The largest absolute Gasteiger partial charge is 0.343 e. The molecule has 0 radical (unpaired) electrons. The number of likely N-dealkylation sites (tertiary alicyclic amines) is 1. The van der Waals surface area contributed by atoms with Gasteiger partial charge >= 0.3 is 0 Å². The molecule has 1 saturated carbocycles. The van der Waals surface area contributed by atoms with E-state index in [1.54, 1.807) is 36.8 Å². The first-order valence-electron chi connectivity index (χ1n) is 14.9. The lowest BCUT2D eigenvalue weighted by Crippen LogP contribution is -2.57. The molecule has 2 aliphatic rings. The Morgan fingerprint density at radius 3 is 2.59 bits per heavy atom. The average Bonchev–Trinajstić information content (AvgIpc) is 3.78. The fourth-order valence-corrected chi connectivity index (χ4v) is 6.11. The van der Waals surface area contributed by atoms with Crippen LogP contribution < -0.4 is 10.6 Å². The van der Waals surface area contributed by atoms with Gasteiger partial charge in [0.15, 0.2) is 0 Å². The molecule has 1 aromatic carbocycles. The summed E-state index contributed by atoms with van der Waals surface area (Å²) in [6, 6.07) is 10.8. The molecule has 41 heavy (non-hydrogen) atoms. The van der Waals surface area contributed by atoms with Crippen molar-refractivity contribution in [3.63, 3.8) is 0 Å². The third-order valence-electron chi connectivity index (χ3n) is 8.61. The normalized spacial score (nSPS) is 18.9. The van der Waals surface area contributed by atoms with E-state index in [-0.39, 0.29) is 35.7 Å². The maximum Gasteiger partial charge on any atom is 0.274 e. The Kier molecular flexibility index (Phi) is 9.28. The molecule has 0 bridgehead atoms. The van der Waals surface area contributed by atoms with Crippen LogP contribution in [-0.2, 0) is 16.0 Å². The predicted octanol–water partition coefficient (Wildman–Crippen LogP) is 2.69. The van der Waals surface area contributed by atoms with E-state index in [0.717, 1.165) is 44.1 Å². The second-order valence-electron chi connectivity index (χ2n) is 11.3. The molecule has 3 unspecified atom stereocenters. The second-order valence-corrected chi connectivity index (χ2v) is 11.3. The highest BCUT2D eigenvalue weighted by atomic mass is 16.2. The summed E-state index contributed by atoms with van der Waals surface area (Å²) in [6.07, 6.45) is 11.6. The molecule has 2 aromatic heterocycles. The number of imidazole rings is 1. The summed E-state index contributed by atoms with van der Waals surface area (Å²) in [5.41, 5.74) is 1.48. The summed E-state index contributed by atoms with van der Waals surface area (Å²) in [7, 11) is 1.74. The maximum atomic E-state index is 14.1. The Bertz CT molecular complexity index is 1300. The number of hydrogen-bond acceptors (Lipinski definition) is 6. The number of carbonyl (C=O) groups excluding carboxylic acids is 3. The summed E-state index contributed by atoms with van der Waals surface area (Å²) in [6.45, 7) is 3.35. The first-order valence-corrected chi connectivity index (χ1v) is 14.9. The number of fused-ring (bicyclic) bond motifs is 1. The van der Waals surface area contributed by atoms with Gasteiger partial charge in [-0.05, 0) is 63.6 Å². The molecule has 218 valence electrons. The minimum Gasteiger partial charge on any atom is -0.343 e. The molecule has 1 saturated heterocycles. The van der Waals surface area contributed by atoms with E-state index < -0.39 is 6.04 Å². The summed E-state index contributed by atoms with van der Waals surface area (Å²) < 4.78 is 1.75. The third-order valence-corrected chi connectivity index (χ3v) is 8.61. The Morgan fingerprint density at radius 2 is 1.85 bits per heavy atom. The van der Waals surface area contributed by atoms with Gasteiger partial charge in [-0.1, -0.05) is 43.2 Å². The van der Waals surface area contributed by atoms with E-state index in [1.165, 1.54) is 0 Å². The van der Waals surface area contributed by atoms with Crippen LogP contribution in [0.25, 0.3) is 5.78 Å². The van der Waals surface area contributed by atoms with Gasteiger partial charge in [0.2, 0.25) is 17.6 Å². The Balaban J connectivity index is 1.36. The number of nitrogens with zero attached hydrogens (tertiary/aromatic N) is 5.